The third kappa shape index (κ3) is 13.3. The van der Waals surface area contributed by atoms with Gasteiger partial charge in [-0.3, -0.25) is 4.99 Å². The Morgan fingerprint density at radius 1 is 0.606 bits per heavy atom. The number of unbranched alkanes of at least 4 members (excludes halogenated alkanes) is 12. The van der Waals surface area contributed by atoms with Crippen LogP contribution in [0.2, 0.25) is 0 Å². The zero-order valence-corrected chi connectivity index (χ0v) is 21.4. The summed E-state index contributed by atoms with van der Waals surface area (Å²) in [5.74, 6) is 0.933. The van der Waals surface area contributed by atoms with Crippen LogP contribution in [-0.4, -0.2) is 12.8 Å². The molecule has 2 rings (SSSR count). The molecule has 0 saturated carbocycles. The highest BCUT2D eigenvalue weighted by Crippen LogP contribution is 2.17. The molecule has 0 heterocycles. The summed E-state index contributed by atoms with van der Waals surface area (Å²) in [7, 11) is 0. The van der Waals surface area contributed by atoms with E-state index in [9.17, 15) is 0 Å². The van der Waals surface area contributed by atoms with E-state index in [0.29, 0.717) is 0 Å². The molecule has 0 aliphatic carbocycles. The molecule has 0 amide bonds. The molecule has 0 fully saturated rings. The first-order chi connectivity index (χ1) is 16.3. The second kappa shape index (κ2) is 18.3. The van der Waals surface area contributed by atoms with E-state index in [1.165, 1.54) is 89.0 Å². The minimum atomic E-state index is 0.787. The average Bonchev–Trinajstić information content (AvgIpc) is 2.85. The highest BCUT2D eigenvalue weighted by Gasteiger charge is 1.97. The zero-order chi connectivity index (χ0) is 23.4. The van der Waals surface area contributed by atoms with E-state index in [2.05, 4.69) is 55.2 Å². The number of hydrogen-bond donors (Lipinski definition) is 0. The van der Waals surface area contributed by atoms with Gasteiger partial charge in [-0.25, -0.2) is 0 Å². The van der Waals surface area contributed by atoms with E-state index in [4.69, 9.17) is 4.74 Å². The smallest absolute Gasteiger partial charge is 0.119 e. The number of hydrogen-bond acceptors (Lipinski definition) is 2. The monoisotopic (exact) mass is 449 g/mol. The molecule has 0 aliphatic heterocycles. The molecule has 2 nitrogen and oxygen atoms in total. The standard InChI is InChI=1S/C31H47NO/c1-3-5-7-8-9-10-11-12-13-14-15-16-17-28-18-22-30(23-19-28)32-27-29-20-24-31(25-21-29)33-26-6-4-2/h18-25,27H,3-17,26H2,1-2H3. The number of rotatable bonds is 19. The first kappa shape index (κ1) is 27.2. The Kier molecular flexibility index (Phi) is 15.1. The van der Waals surface area contributed by atoms with Crippen LogP contribution in [0.15, 0.2) is 53.5 Å². The Morgan fingerprint density at radius 2 is 1.15 bits per heavy atom. The van der Waals surface area contributed by atoms with Crippen molar-refractivity contribution in [2.75, 3.05) is 6.61 Å². The summed E-state index contributed by atoms with van der Waals surface area (Å²) < 4.78 is 5.72. The third-order valence-corrected chi connectivity index (χ3v) is 6.26. The van der Waals surface area contributed by atoms with Gasteiger partial charge in [-0.05, 0) is 66.8 Å². The second-order valence-corrected chi connectivity index (χ2v) is 9.33. The second-order valence-electron chi connectivity index (χ2n) is 9.33. The van der Waals surface area contributed by atoms with Gasteiger partial charge in [-0.1, -0.05) is 103 Å². The van der Waals surface area contributed by atoms with Crippen molar-refractivity contribution in [2.45, 2.75) is 110 Å². The van der Waals surface area contributed by atoms with Crippen molar-refractivity contribution in [3.63, 3.8) is 0 Å². The Hall–Kier alpha value is -2.09. The van der Waals surface area contributed by atoms with Crippen molar-refractivity contribution in [1.29, 1.82) is 0 Å². The Bertz CT molecular complexity index is 733. The summed E-state index contributed by atoms with van der Waals surface area (Å²) in [6.07, 6.45) is 22.2. The Labute approximate surface area is 203 Å². The number of nitrogens with zero attached hydrogens (tertiary/aromatic N) is 1. The quantitative estimate of drug-likeness (QED) is 0.154. The van der Waals surface area contributed by atoms with E-state index in [0.717, 1.165) is 36.4 Å². The van der Waals surface area contributed by atoms with Crippen LogP contribution in [0.25, 0.3) is 0 Å². The first-order valence-corrected chi connectivity index (χ1v) is 13.7. The Balaban J connectivity index is 1.55. The predicted octanol–water partition coefficient (Wildman–Crippen LogP) is 9.86. The van der Waals surface area contributed by atoms with Crippen molar-refractivity contribution in [2.24, 2.45) is 4.99 Å². The van der Waals surface area contributed by atoms with Crippen LogP contribution in [0.3, 0.4) is 0 Å². The SMILES string of the molecule is CCCCCCCCCCCCCCc1ccc(N=Cc2ccc(OCCCC)cc2)cc1. The fourth-order valence-corrected chi connectivity index (χ4v) is 4.05. The minimum absolute atomic E-state index is 0.787. The van der Waals surface area contributed by atoms with Crippen LogP contribution in [0.5, 0.6) is 5.75 Å². The molecule has 182 valence electrons. The zero-order valence-electron chi connectivity index (χ0n) is 21.4. The lowest BCUT2D eigenvalue weighted by molar-refractivity contribution is 0.309. The molecule has 0 unspecified atom stereocenters. The van der Waals surface area contributed by atoms with Gasteiger partial charge < -0.3 is 4.74 Å². The van der Waals surface area contributed by atoms with E-state index in [1.807, 2.05) is 18.3 Å². The molecule has 0 aliphatic rings. The van der Waals surface area contributed by atoms with Gasteiger partial charge in [-0.15, -0.1) is 0 Å². The molecular weight excluding hydrogens is 402 g/mol. The molecular formula is C31H47NO. The highest BCUT2D eigenvalue weighted by atomic mass is 16.5. The summed E-state index contributed by atoms with van der Waals surface area (Å²) in [6, 6.07) is 16.9. The maximum absolute atomic E-state index is 5.72. The molecule has 2 heteroatoms. The van der Waals surface area contributed by atoms with Crippen LogP contribution in [0, 0.1) is 0 Å². The summed E-state index contributed by atoms with van der Waals surface area (Å²) in [5.41, 5.74) is 3.53. The maximum Gasteiger partial charge on any atom is 0.119 e. The van der Waals surface area contributed by atoms with E-state index in [-0.39, 0.29) is 0 Å². The van der Waals surface area contributed by atoms with Gasteiger partial charge in [0.2, 0.25) is 0 Å². The molecule has 2 aromatic carbocycles. The van der Waals surface area contributed by atoms with Gasteiger partial charge in [0.15, 0.2) is 0 Å². The fourth-order valence-electron chi connectivity index (χ4n) is 4.05. The lowest BCUT2D eigenvalue weighted by Crippen LogP contribution is -1.96. The van der Waals surface area contributed by atoms with E-state index in [1.54, 1.807) is 0 Å². The molecule has 33 heavy (non-hydrogen) atoms. The summed E-state index contributed by atoms with van der Waals surface area (Å²) in [6.45, 7) is 5.25. The van der Waals surface area contributed by atoms with Crippen molar-refractivity contribution < 1.29 is 4.74 Å². The van der Waals surface area contributed by atoms with Gasteiger partial charge in [-0.2, -0.15) is 0 Å². The lowest BCUT2D eigenvalue weighted by Gasteiger charge is -2.05. The molecule has 0 bridgehead atoms. The number of aryl methyl sites for hydroxylation is 1. The van der Waals surface area contributed by atoms with Crippen molar-refractivity contribution in [3.8, 4) is 5.75 Å². The minimum Gasteiger partial charge on any atom is -0.494 e. The van der Waals surface area contributed by atoms with Crippen LogP contribution < -0.4 is 4.74 Å². The van der Waals surface area contributed by atoms with E-state index >= 15 is 0 Å². The van der Waals surface area contributed by atoms with E-state index < -0.39 is 0 Å². The molecule has 0 saturated heterocycles. The normalized spacial score (nSPS) is 11.3. The molecule has 0 radical (unpaired) electrons. The third-order valence-electron chi connectivity index (χ3n) is 6.26. The van der Waals surface area contributed by atoms with Crippen LogP contribution in [0.1, 0.15) is 115 Å². The van der Waals surface area contributed by atoms with Crippen molar-refractivity contribution >= 4 is 11.9 Å². The largest absolute Gasteiger partial charge is 0.494 e. The summed E-state index contributed by atoms with van der Waals surface area (Å²) >= 11 is 0. The summed E-state index contributed by atoms with van der Waals surface area (Å²) in [4.78, 5) is 4.62. The number of aliphatic imine (C=N–C) groups is 1. The van der Waals surface area contributed by atoms with Crippen molar-refractivity contribution in [1.82, 2.24) is 0 Å². The van der Waals surface area contributed by atoms with Gasteiger partial charge in [0.05, 0.1) is 12.3 Å². The van der Waals surface area contributed by atoms with Gasteiger partial charge in [0, 0.05) is 6.21 Å². The molecule has 0 atom stereocenters. The fraction of sp³-hybridized carbons (Fsp3) is 0.581. The average molecular weight is 450 g/mol. The van der Waals surface area contributed by atoms with Gasteiger partial charge in [0.1, 0.15) is 5.75 Å². The van der Waals surface area contributed by atoms with Crippen LogP contribution in [-0.2, 0) is 6.42 Å². The van der Waals surface area contributed by atoms with Crippen molar-refractivity contribution in [3.05, 3.63) is 59.7 Å². The maximum atomic E-state index is 5.72. The molecule has 0 N–H and O–H groups in total. The Morgan fingerprint density at radius 3 is 1.73 bits per heavy atom. The molecule has 0 spiro atoms. The highest BCUT2D eigenvalue weighted by molar-refractivity contribution is 5.82. The lowest BCUT2D eigenvalue weighted by atomic mass is 10.0. The van der Waals surface area contributed by atoms with Crippen LogP contribution >= 0.6 is 0 Å². The molecule has 2 aromatic rings. The van der Waals surface area contributed by atoms with Crippen LogP contribution in [0.4, 0.5) is 5.69 Å². The number of benzene rings is 2. The first-order valence-electron chi connectivity index (χ1n) is 13.7. The predicted molar refractivity (Wildman–Crippen MR) is 145 cm³/mol. The number of ether oxygens (including phenoxy) is 1. The molecule has 0 aromatic heterocycles. The van der Waals surface area contributed by atoms with Gasteiger partial charge in [0.25, 0.3) is 0 Å². The topological polar surface area (TPSA) is 21.6 Å². The van der Waals surface area contributed by atoms with Gasteiger partial charge >= 0.3 is 0 Å². The summed E-state index contributed by atoms with van der Waals surface area (Å²) in [5, 5.41) is 0.